The highest BCUT2D eigenvalue weighted by atomic mass is 35.5. The molecule has 5 nitrogen and oxygen atoms in total. The van der Waals surface area contributed by atoms with Gasteiger partial charge in [-0.2, -0.15) is 13.2 Å². The largest absolute Gasteiger partial charge is 0.416 e. The fourth-order valence-electron chi connectivity index (χ4n) is 3.31. The molecule has 0 fully saturated rings. The van der Waals surface area contributed by atoms with Crippen molar-refractivity contribution < 1.29 is 18.0 Å². The summed E-state index contributed by atoms with van der Waals surface area (Å²) in [7, 11) is 0. The van der Waals surface area contributed by atoms with Crippen LogP contribution in [0.4, 0.5) is 18.3 Å². The van der Waals surface area contributed by atoms with Gasteiger partial charge >= 0.3 is 6.18 Å². The van der Waals surface area contributed by atoms with Crippen molar-refractivity contribution in [1.82, 2.24) is 14.5 Å². The molecule has 2 aromatic heterocycles. The number of nitrogens with zero attached hydrogens (tertiary/aromatic N) is 4. The van der Waals surface area contributed by atoms with E-state index >= 15 is 0 Å². The summed E-state index contributed by atoms with van der Waals surface area (Å²) in [6.45, 7) is 2.75. The summed E-state index contributed by atoms with van der Waals surface area (Å²) in [5.74, 6) is -0.547. The Hall–Kier alpha value is -2.62. The topological polar surface area (TPSA) is 51.0 Å². The van der Waals surface area contributed by atoms with E-state index in [2.05, 4.69) is 9.97 Å². The van der Waals surface area contributed by atoms with Gasteiger partial charge in [-0.1, -0.05) is 35.1 Å². The summed E-state index contributed by atoms with van der Waals surface area (Å²) < 4.78 is 42.2. The SMILES string of the molecule is Cc1ccc(Cl)c2sc(N(CCCn3ccnc3)C(=O)c3cccc(C(F)(F)F)c3)nc12.Cl. The molecule has 0 aliphatic carbocycles. The molecule has 0 radical (unpaired) electrons. The van der Waals surface area contributed by atoms with Crippen LogP contribution < -0.4 is 4.90 Å². The number of hydrogen-bond donors (Lipinski definition) is 0. The van der Waals surface area contributed by atoms with Crippen molar-refractivity contribution in [3.05, 3.63) is 76.8 Å². The Morgan fingerprint density at radius 3 is 2.70 bits per heavy atom. The molecule has 2 heterocycles. The highest BCUT2D eigenvalue weighted by Crippen LogP contribution is 2.36. The van der Waals surface area contributed by atoms with Crippen molar-refractivity contribution in [2.24, 2.45) is 0 Å². The van der Waals surface area contributed by atoms with Crippen LogP contribution in [0.2, 0.25) is 5.02 Å². The Labute approximate surface area is 203 Å². The average Bonchev–Trinajstić information content (AvgIpc) is 3.44. The van der Waals surface area contributed by atoms with Gasteiger partial charge in [-0.15, -0.1) is 12.4 Å². The van der Waals surface area contributed by atoms with Crippen molar-refractivity contribution in [3.63, 3.8) is 0 Å². The number of rotatable bonds is 6. The van der Waals surface area contributed by atoms with Crippen LogP contribution in [-0.4, -0.2) is 27.0 Å². The van der Waals surface area contributed by atoms with Crippen LogP contribution in [0.15, 0.2) is 55.1 Å². The zero-order valence-corrected chi connectivity index (χ0v) is 19.7. The molecule has 0 saturated carbocycles. The summed E-state index contributed by atoms with van der Waals surface area (Å²) in [6.07, 6.45) is 1.15. The first-order valence-electron chi connectivity index (χ1n) is 9.74. The lowest BCUT2D eigenvalue weighted by molar-refractivity contribution is -0.137. The predicted molar refractivity (Wildman–Crippen MR) is 127 cm³/mol. The maximum absolute atomic E-state index is 13.3. The van der Waals surface area contributed by atoms with Crippen molar-refractivity contribution in [2.45, 2.75) is 26.1 Å². The second-order valence-electron chi connectivity index (χ2n) is 7.23. The van der Waals surface area contributed by atoms with E-state index in [1.54, 1.807) is 24.8 Å². The maximum atomic E-state index is 13.3. The molecule has 11 heteroatoms. The van der Waals surface area contributed by atoms with E-state index < -0.39 is 17.6 Å². The van der Waals surface area contributed by atoms with Gasteiger partial charge in [-0.05, 0) is 43.2 Å². The number of halogens is 5. The Balaban J connectivity index is 0.00000306. The summed E-state index contributed by atoms with van der Waals surface area (Å²) >= 11 is 7.57. The number of amides is 1. The van der Waals surface area contributed by atoms with Crippen LogP contribution in [0.3, 0.4) is 0 Å². The van der Waals surface area contributed by atoms with Crippen molar-refractivity contribution in [3.8, 4) is 0 Å². The summed E-state index contributed by atoms with van der Waals surface area (Å²) in [6, 6.07) is 8.04. The molecular formula is C22H19Cl2F3N4OS. The molecule has 0 bridgehead atoms. The second-order valence-corrected chi connectivity index (χ2v) is 8.61. The van der Waals surface area contributed by atoms with Gasteiger partial charge in [0, 0.05) is 31.0 Å². The van der Waals surface area contributed by atoms with Gasteiger partial charge in [-0.25, -0.2) is 9.97 Å². The van der Waals surface area contributed by atoms with Crippen LogP contribution in [0.25, 0.3) is 10.2 Å². The summed E-state index contributed by atoms with van der Waals surface area (Å²) in [4.78, 5) is 23.4. The van der Waals surface area contributed by atoms with Gasteiger partial charge in [0.1, 0.15) is 0 Å². The fraction of sp³-hybridized carbons (Fsp3) is 0.227. The van der Waals surface area contributed by atoms with E-state index in [0.29, 0.717) is 28.6 Å². The number of benzene rings is 2. The number of carbonyl (C=O) groups excluding carboxylic acids is 1. The van der Waals surface area contributed by atoms with Crippen molar-refractivity contribution in [2.75, 3.05) is 11.4 Å². The standard InChI is InChI=1S/C22H18ClF3N4OS.ClH/c1-14-6-7-17(23)19-18(14)28-21(32-19)30(10-3-9-29-11-8-27-13-29)20(31)15-4-2-5-16(12-15)22(24,25)26;/h2,4-8,11-13H,3,9-10H2,1H3;1H. The molecular weight excluding hydrogens is 496 g/mol. The number of aromatic nitrogens is 3. The molecule has 4 aromatic rings. The molecule has 33 heavy (non-hydrogen) atoms. The van der Waals surface area contributed by atoms with Gasteiger partial charge in [0.05, 0.1) is 27.1 Å². The van der Waals surface area contributed by atoms with Gasteiger partial charge in [0.15, 0.2) is 5.13 Å². The highest BCUT2D eigenvalue weighted by molar-refractivity contribution is 7.23. The van der Waals surface area contributed by atoms with E-state index in [1.807, 2.05) is 17.6 Å². The zero-order valence-electron chi connectivity index (χ0n) is 17.3. The Bertz CT molecular complexity index is 1220. The number of anilines is 1. The van der Waals surface area contributed by atoms with E-state index in [0.717, 1.165) is 22.4 Å². The summed E-state index contributed by atoms with van der Waals surface area (Å²) in [5, 5.41) is 0.906. The minimum Gasteiger partial charge on any atom is -0.337 e. The molecule has 2 aromatic carbocycles. The molecule has 0 N–H and O–H groups in total. The van der Waals surface area contributed by atoms with Crippen molar-refractivity contribution >= 4 is 56.6 Å². The van der Waals surface area contributed by atoms with Crippen LogP contribution in [0, 0.1) is 6.92 Å². The third kappa shape index (κ3) is 5.48. The van der Waals surface area contributed by atoms with Gasteiger partial charge in [0.2, 0.25) is 0 Å². The molecule has 0 spiro atoms. The molecule has 0 saturated heterocycles. The number of hydrogen-bond acceptors (Lipinski definition) is 4. The van der Waals surface area contributed by atoms with Crippen LogP contribution in [-0.2, 0) is 12.7 Å². The minimum atomic E-state index is -4.54. The fourth-order valence-corrected chi connectivity index (χ4v) is 4.65. The number of alkyl halides is 3. The average molecular weight is 515 g/mol. The Morgan fingerprint density at radius 2 is 2.03 bits per heavy atom. The summed E-state index contributed by atoms with van der Waals surface area (Å²) in [5.41, 5.74) is 0.653. The third-order valence-corrected chi connectivity index (χ3v) is 6.49. The lowest BCUT2D eigenvalue weighted by atomic mass is 10.1. The zero-order chi connectivity index (χ0) is 22.9. The number of imidazole rings is 1. The molecule has 4 rings (SSSR count). The number of thiazole rings is 1. The lowest BCUT2D eigenvalue weighted by Gasteiger charge is -2.20. The monoisotopic (exact) mass is 514 g/mol. The van der Waals surface area contributed by atoms with Crippen LogP contribution in [0.5, 0.6) is 0 Å². The van der Waals surface area contributed by atoms with Crippen LogP contribution >= 0.6 is 35.3 Å². The molecule has 0 aliphatic heterocycles. The maximum Gasteiger partial charge on any atom is 0.416 e. The van der Waals surface area contributed by atoms with E-state index in [1.165, 1.54) is 28.4 Å². The first-order chi connectivity index (χ1) is 15.2. The smallest absolute Gasteiger partial charge is 0.337 e. The van der Waals surface area contributed by atoms with Gasteiger partial charge in [0.25, 0.3) is 5.91 Å². The van der Waals surface area contributed by atoms with E-state index in [-0.39, 0.29) is 24.5 Å². The molecule has 0 atom stereocenters. The molecule has 1 amide bonds. The second kappa shape index (κ2) is 10.1. The number of carbonyl (C=O) groups is 1. The van der Waals surface area contributed by atoms with Crippen LogP contribution in [0.1, 0.15) is 27.9 Å². The molecule has 174 valence electrons. The lowest BCUT2D eigenvalue weighted by Crippen LogP contribution is -2.32. The number of aryl methyl sites for hydroxylation is 2. The van der Waals surface area contributed by atoms with Crippen molar-refractivity contribution in [1.29, 1.82) is 0 Å². The van der Waals surface area contributed by atoms with Gasteiger partial charge in [-0.3, -0.25) is 9.69 Å². The predicted octanol–water partition coefficient (Wildman–Crippen LogP) is 6.63. The number of fused-ring (bicyclic) bond motifs is 1. The normalized spacial score (nSPS) is 11.4. The molecule has 0 aliphatic rings. The minimum absolute atomic E-state index is 0. The van der Waals surface area contributed by atoms with E-state index in [4.69, 9.17) is 11.6 Å². The molecule has 0 unspecified atom stereocenters. The Kier molecular flexibility index (Phi) is 7.66. The quantitative estimate of drug-likeness (QED) is 0.290. The van der Waals surface area contributed by atoms with Gasteiger partial charge < -0.3 is 4.57 Å². The highest BCUT2D eigenvalue weighted by Gasteiger charge is 2.32. The first kappa shape index (κ1) is 25.0. The Morgan fingerprint density at radius 1 is 1.24 bits per heavy atom. The first-order valence-corrected chi connectivity index (χ1v) is 10.9. The van der Waals surface area contributed by atoms with E-state index in [9.17, 15) is 18.0 Å². The third-order valence-electron chi connectivity index (χ3n) is 4.96.